The molecule has 2 aromatic heterocycles. The molecule has 0 atom stereocenters. The first-order valence-corrected chi connectivity index (χ1v) is 18.7. The van der Waals surface area contributed by atoms with E-state index in [4.69, 9.17) is 20.7 Å². The van der Waals surface area contributed by atoms with Crippen LogP contribution in [0, 0.1) is 5.92 Å². The summed E-state index contributed by atoms with van der Waals surface area (Å²) in [4.78, 5) is 14.7. The summed E-state index contributed by atoms with van der Waals surface area (Å²) in [6.45, 7) is 6.26. The third-order valence-corrected chi connectivity index (χ3v) is 10.4. The van der Waals surface area contributed by atoms with Crippen molar-refractivity contribution in [2.75, 3.05) is 23.8 Å². The van der Waals surface area contributed by atoms with Gasteiger partial charge in [0.2, 0.25) is 5.95 Å². The first-order valence-electron chi connectivity index (χ1n) is 18.7. The Morgan fingerprint density at radius 2 is 1.44 bits per heavy atom. The van der Waals surface area contributed by atoms with Crippen LogP contribution in [-0.2, 0) is 13.1 Å². The maximum absolute atomic E-state index is 6.12. The molecule has 1 aliphatic heterocycles. The number of fused-ring (bicyclic) bond motifs is 1. The number of hydrogen-bond acceptors (Lipinski definition) is 8. The molecule has 0 radical (unpaired) electrons. The molecule has 7 rings (SSSR count). The average Bonchev–Trinajstić information content (AvgIpc) is 3.81. The van der Waals surface area contributed by atoms with E-state index in [9.17, 15) is 0 Å². The lowest BCUT2D eigenvalue weighted by atomic mass is 9.92. The molecule has 0 spiro atoms. The summed E-state index contributed by atoms with van der Waals surface area (Å²) in [5.41, 5.74) is 14.3. The summed E-state index contributed by atoms with van der Waals surface area (Å²) in [5, 5.41) is 9.39. The Hall–Kier alpha value is -3.53. The van der Waals surface area contributed by atoms with Crippen LogP contribution in [-0.4, -0.2) is 49.7 Å². The Bertz CT molecular complexity index is 1450. The smallest absolute Gasteiger partial charge is 0.227 e. The number of anilines is 2. The number of nitrogens with zero attached hydrogens (tertiary/aromatic N) is 5. The Balaban J connectivity index is 0.000000223. The van der Waals surface area contributed by atoms with E-state index in [-0.39, 0.29) is 0 Å². The van der Waals surface area contributed by atoms with Gasteiger partial charge in [-0.2, -0.15) is 9.97 Å². The fourth-order valence-corrected chi connectivity index (χ4v) is 7.47. The normalized spacial score (nSPS) is 20.8. The summed E-state index contributed by atoms with van der Waals surface area (Å²) in [6.07, 6.45) is 17.8. The van der Waals surface area contributed by atoms with Crippen LogP contribution in [0.4, 0.5) is 11.8 Å². The van der Waals surface area contributed by atoms with Crippen molar-refractivity contribution in [2.24, 2.45) is 11.7 Å². The van der Waals surface area contributed by atoms with Gasteiger partial charge in [-0.1, -0.05) is 99.7 Å². The van der Waals surface area contributed by atoms with Crippen LogP contribution >= 0.6 is 0 Å². The molecule has 2 aromatic carbocycles. The number of unbranched alkanes of at least 4 members (excludes halogenated alkanes) is 1. The van der Waals surface area contributed by atoms with Crippen LogP contribution in [0.5, 0.6) is 0 Å². The molecule has 9 nitrogen and oxygen atoms in total. The lowest BCUT2D eigenvalue weighted by molar-refractivity contribution is 0.207. The molecule has 48 heavy (non-hydrogen) atoms. The molecule has 1 saturated heterocycles. The molecule has 0 amide bonds. The van der Waals surface area contributed by atoms with Gasteiger partial charge in [0.15, 0.2) is 17.0 Å². The molecule has 5 N–H and O–H groups in total. The van der Waals surface area contributed by atoms with Gasteiger partial charge in [-0.15, -0.1) is 0 Å². The van der Waals surface area contributed by atoms with E-state index in [1.54, 1.807) is 0 Å². The molecule has 2 aliphatic carbocycles. The summed E-state index contributed by atoms with van der Waals surface area (Å²) >= 11 is 0. The Kier molecular flexibility index (Phi) is 12.7. The second-order valence-electron chi connectivity index (χ2n) is 14.2. The minimum Gasteiger partial charge on any atom is -0.351 e. The van der Waals surface area contributed by atoms with Crippen molar-refractivity contribution in [2.45, 2.75) is 122 Å². The van der Waals surface area contributed by atoms with Crippen LogP contribution < -0.4 is 21.8 Å². The van der Waals surface area contributed by atoms with E-state index in [0.29, 0.717) is 18.1 Å². The standard InChI is InChI=1S/C25H42N8.C14H15N/c1-2-3-6-18-13-15-32(16-14-18)31-23-22-24(33(17-27-22)21-7-4-5-8-21)30-25(29-23)28-20-11-9-19(26)10-12-20;1-3-7-13(8-4-1)11-15-12-14-9-5-2-6-10-14/h17-21H,2-16,26H2,1H3,(H2,28,29,30,31);1-10,15H,11-12H2. The van der Waals surface area contributed by atoms with Gasteiger partial charge in [0.1, 0.15) is 0 Å². The Morgan fingerprint density at radius 1 is 0.792 bits per heavy atom. The topological polar surface area (TPSA) is 109 Å². The zero-order valence-corrected chi connectivity index (χ0v) is 29.0. The number of imidazole rings is 1. The van der Waals surface area contributed by atoms with E-state index in [2.05, 4.69) is 81.1 Å². The number of piperidine rings is 1. The lowest BCUT2D eigenvalue weighted by Crippen LogP contribution is -2.38. The fourth-order valence-electron chi connectivity index (χ4n) is 7.47. The van der Waals surface area contributed by atoms with Gasteiger partial charge in [-0.25, -0.2) is 9.99 Å². The Morgan fingerprint density at radius 3 is 2.06 bits per heavy atom. The highest BCUT2D eigenvalue weighted by atomic mass is 15.5. The van der Waals surface area contributed by atoms with Crippen molar-refractivity contribution in [3.63, 3.8) is 0 Å². The van der Waals surface area contributed by atoms with Crippen molar-refractivity contribution in [3.8, 4) is 0 Å². The van der Waals surface area contributed by atoms with Gasteiger partial charge in [-0.3, -0.25) is 0 Å². The van der Waals surface area contributed by atoms with Gasteiger partial charge < -0.3 is 26.4 Å². The van der Waals surface area contributed by atoms with Gasteiger partial charge in [0.25, 0.3) is 0 Å². The Labute approximate surface area is 287 Å². The molecule has 0 unspecified atom stereocenters. The average molecular weight is 652 g/mol. The van der Waals surface area contributed by atoms with E-state index in [1.165, 1.54) is 68.9 Å². The number of nitrogens with one attached hydrogen (secondary N) is 3. The number of benzene rings is 2. The van der Waals surface area contributed by atoms with Crippen LogP contribution in [0.1, 0.15) is 108 Å². The molecule has 3 aliphatic rings. The molecule has 2 saturated carbocycles. The van der Waals surface area contributed by atoms with Gasteiger partial charge in [0.05, 0.1) is 6.33 Å². The van der Waals surface area contributed by atoms with Crippen LogP contribution in [0.3, 0.4) is 0 Å². The summed E-state index contributed by atoms with van der Waals surface area (Å²) in [6, 6.07) is 22.2. The maximum Gasteiger partial charge on any atom is 0.227 e. The predicted octanol–water partition coefficient (Wildman–Crippen LogP) is 7.83. The molecule has 4 aromatic rings. The third kappa shape index (κ3) is 9.77. The minimum absolute atomic E-state index is 0.340. The monoisotopic (exact) mass is 651 g/mol. The zero-order valence-electron chi connectivity index (χ0n) is 29.0. The highest BCUT2D eigenvalue weighted by molar-refractivity contribution is 5.84. The van der Waals surface area contributed by atoms with Crippen LogP contribution in [0.25, 0.3) is 11.2 Å². The van der Waals surface area contributed by atoms with Gasteiger partial charge >= 0.3 is 0 Å². The quantitative estimate of drug-likeness (QED) is 0.123. The van der Waals surface area contributed by atoms with Crippen molar-refractivity contribution in [1.82, 2.24) is 29.8 Å². The second kappa shape index (κ2) is 17.7. The first kappa shape index (κ1) is 34.3. The van der Waals surface area contributed by atoms with E-state index in [1.807, 2.05) is 18.5 Å². The molecule has 0 bridgehead atoms. The van der Waals surface area contributed by atoms with Crippen molar-refractivity contribution >= 4 is 22.9 Å². The minimum atomic E-state index is 0.340. The fraction of sp³-hybridized carbons (Fsp3) is 0.564. The molecular formula is C39H57N9. The number of hydrogen-bond donors (Lipinski definition) is 4. The predicted molar refractivity (Wildman–Crippen MR) is 198 cm³/mol. The highest BCUT2D eigenvalue weighted by Gasteiger charge is 2.25. The molecule has 9 heteroatoms. The van der Waals surface area contributed by atoms with E-state index >= 15 is 0 Å². The number of hydrazine groups is 1. The molecule has 258 valence electrons. The van der Waals surface area contributed by atoms with E-state index < -0.39 is 0 Å². The highest BCUT2D eigenvalue weighted by Crippen LogP contribution is 2.34. The number of rotatable bonds is 12. The van der Waals surface area contributed by atoms with Gasteiger partial charge in [0, 0.05) is 44.3 Å². The van der Waals surface area contributed by atoms with Crippen molar-refractivity contribution in [1.29, 1.82) is 0 Å². The SMILES string of the molecule is CCCCC1CCN(Nc2nc(NC3CCC(N)CC3)nc3c2ncn3C2CCCC2)CC1.c1ccc(CNCc2ccccc2)cc1. The molecular weight excluding hydrogens is 594 g/mol. The second-order valence-corrected chi connectivity index (χ2v) is 14.2. The maximum atomic E-state index is 6.12. The molecule has 3 heterocycles. The lowest BCUT2D eigenvalue weighted by Gasteiger charge is -2.32. The third-order valence-electron chi connectivity index (χ3n) is 10.4. The van der Waals surface area contributed by atoms with Crippen molar-refractivity contribution in [3.05, 3.63) is 78.1 Å². The van der Waals surface area contributed by atoms with Gasteiger partial charge in [-0.05, 0) is 68.4 Å². The zero-order chi connectivity index (χ0) is 33.0. The number of aromatic nitrogens is 4. The summed E-state index contributed by atoms with van der Waals surface area (Å²) < 4.78 is 2.30. The summed E-state index contributed by atoms with van der Waals surface area (Å²) in [7, 11) is 0. The van der Waals surface area contributed by atoms with Crippen molar-refractivity contribution < 1.29 is 0 Å². The van der Waals surface area contributed by atoms with E-state index in [0.717, 1.165) is 80.7 Å². The largest absolute Gasteiger partial charge is 0.351 e. The van der Waals surface area contributed by atoms with Crippen LogP contribution in [0.15, 0.2) is 67.0 Å². The van der Waals surface area contributed by atoms with Crippen LogP contribution in [0.2, 0.25) is 0 Å². The molecule has 3 fully saturated rings. The summed E-state index contributed by atoms with van der Waals surface area (Å²) in [5.74, 6) is 2.44. The first-order chi connectivity index (χ1) is 23.6. The number of nitrogens with two attached hydrogens (primary N) is 1.